The Bertz CT molecular complexity index is 351. The van der Waals surface area contributed by atoms with Crippen molar-refractivity contribution in [1.29, 1.82) is 0 Å². The number of hydrogen-bond acceptors (Lipinski definition) is 4. The molecule has 1 aromatic rings. The molecule has 0 radical (unpaired) electrons. The fourth-order valence-electron chi connectivity index (χ4n) is 0.949. The third-order valence-corrected chi connectivity index (χ3v) is 1.81. The summed E-state index contributed by atoms with van der Waals surface area (Å²) >= 11 is 0. The molecule has 1 atom stereocenters. The maximum Gasteiger partial charge on any atom is 0.257 e. The van der Waals surface area contributed by atoms with Gasteiger partial charge in [-0.05, 0) is 12.1 Å². The first kappa shape index (κ1) is 11.4. The molecule has 0 saturated carbocycles. The molecule has 2 amide bonds. The molecule has 1 aromatic carbocycles. The third-order valence-electron chi connectivity index (χ3n) is 1.81. The van der Waals surface area contributed by atoms with Crippen molar-refractivity contribution in [2.45, 2.75) is 6.04 Å². The second kappa shape index (κ2) is 5.23. The van der Waals surface area contributed by atoms with E-state index < -0.39 is 24.5 Å². The Labute approximate surface area is 86.9 Å². The summed E-state index contributed by atoms with van der Waals surface area (Å²) in [5, 5.41) is 10.7. The van der Waals surface area contributed by atoms with Gasteiger partial charge in [-0.15, -0.1) is 0 Å². The van der Waals surface area contributed by atoms with E-state index in [2.05, 4.69) is 5.32 Å². The Morgan fingerprint density at radius 2 is 1.93 bits per heavy atom. The molecule has 0 saturated heterocycles. The van der Waals surface area contributed by atoms with Crippen molar-refractivity contribution in [3.63, 3.8) is 0 Å². The summed E-state index contributed by atoms with van der Waals surface area (Å²) in [7, 11) is 0. The summed E-state index contributed by atoms with van der Waals surface area (Å²) < 4.78 is 0. The van der Waals surface area contributed by atoms with E-state index in [0.717, 1.165) is 0 Å². The minimum absolute atomic E-state index is 0.371. The minimum Gasteiger partial charge on any atom is -0.394 e. The van der Waals surface area contributed by atoms with Crippen LogP contribution in [0.2, 0.25) is 0 Å². The molecule has 0 bridgehead atoms. The lowest BCUT2D eigenvalue weighted by Gasteiger charge is -2.07. The number of imide groups is 1. The second-order valence-electron chi connectivity index (χ2n) is 2.97. The Morgan fingerprint density at radius 3 is 2.47 bits per heavy atom. The third kappa shape index (κ3) is 3.16. The summed E-state index contributed by atoms with van der Waals surface area (Å²) in [5.41, 5.74) is 5.60. The predicted molar refractivity (Wildman–Crippen MR) is 54.0 cm³/mol. The molecule has 1 unspecified atom stereocenters. The first-order chi connectivity index (χ1) is 7.15. The number of carbonyl (C=O) groups is 2. The van der Waals surface area contributed by atoms with E-state index in [-0.39, 0.29) is 0 Å². The van der Waals surface area contributed by atoms with Crippen molar-refractivity contribution >= 4 is 11.8 Å². The zero-order valence-electron chi connectivity index (χ0n) is 8.01. The summed E-state index contributed by atoms with van der Waals surface area (Å²) in [6.45, 7) is -0.492. The summed E-state index contributed by atoms with van der Waals surface area (Å²) in [4.78, 5) is 22.5. The van der Waals surface area contributed by atoms with Crippen molar-refractivity contribution in [3.05, 3.63) is 35.9 Å². The summed E-state index contributed by atoms with van der Waals surface area (Å²) in [5.74, 6) is -1.21. The molecule has 80 valence electrons. The van der Waals surface area contributed by atoms with Crippen LogP contribution in [0.15, 0.2) is 30.3 Å². The van der Waals surface area contributed by atoms with E-state index in [0.29, 0.717) is 5.56 Å². The summed E-state index contributed by atoms with van der Waals surface area (Å²) in [6.07, 6.45) is 0. The fourth-order valence-corrected chi connectivity index (χ4v) is 0.949. The number of nitrogens with two attached hydrogens (primary N) is 1. The van der Waals surface area contributed by atoms with Gasteiger partial charge in [0.1, 0.15) is 6.04 Å². The van der Waals surface area contributed by atoms with Crippen LogP contribution < -0.4 is 11.1 Å². The highest BCUT2D eigenvalue weighted by Crippen LogP contribution is 1.97. The molecule has 0 spiro atoms. The average Bonchev–Trinajstić information content (AvgIpc) is 2.29. The van der Waals surface area contributed by atoms with Gasteiger partial charge in [0.05, 0.1) is 6.61 Å². The monoisotopic (exact) mass is 208 g/mol. The van der Waals surface area contributed by atoms with Crippen LogP contribution >= 0.6 is 0 Å². The Balaban J connectivity index is 2.61. The smallest absolute Gasteiger partial charge is 0.257 e. The van der Waals surface area contributed by atoms with E-state index in [1.807, 2.05) is 0 Å². The van der Waals surface area contributed by atoms with Crippen LogP contribution in [-0.2, 0) is 4.79 Å². The highest BCUT2D eigenvalue weighted by Gasteiger charge is 2.15. The van der Waals surface area contributed by atoms with Gasteiger partial charge in [-0.25, -0.2) is 0 Å². The SMILES string of the molecule is NC(CO)C(=O)NC(=O)c1ccccc1. The van der Waals surface area contributed by atoms with Crippen molar-refractivity contribution in [3.8, 4) is 0 Å². The van der Waals surface area contributed by atoms with Gasteiger partial charge in [-0.2, -0.15) is 0 Å². The molecule has 0 aliphatic rings. The van der Waals surface area contributed by atoms with E-state index >= 15 is 0 Å². The number of nitrogens with one attached hydrogen (secondary N) is 1. The van der Waals surface area contributed by atoms with Gasteiger partial charge in [0.25, 0.3) is 5.91 Å². The maximum atomic E-state index is 11.4. The minimum atomic E-state index is -1.07. The molecule has 0 aliphatic heterocycles. The molecular weight excluding hydrogens is 196 g/mol. The standard InChI is InChI=1S/C10H12N2O3/c11-8(6-13)10(15)12-9(14)7-4-2-1-3-5-7/h1-5,8,13H,6,11H2,(H,12,14,15). The Hall–Kier alpha value is -1.72. The highest BCUT2D eigenvalue weighted by atomic mass is 16.3. The van der Waals surface area contributed by atoms with Crippen molar-refractivity contribution in [1.82, 2.24) is 5.32 Å². The van der Waals surface area contributed by atoms with E-state index in [1.54, 1.807) is 30.3 Å². The Morgan fingerprint density at radius 1 is 1.33 bits per heavy atom. The van der Waals surface area contributed by atoms with Crippen LogP contribution in [0.3, 0.4) is 0 Å². The zero-order chi connectivity index (χ0) is 11.3. The van der Waals surface area contributed by atoms with Gasteiger partial charge in [-0.3, -0.25) is 14.9 Å². The number of carbonyl (C=O) groups excluding carboxylic acids is 2. The molecule has 0 aromatic heterocycles. The first-order valence-electron chi connectivity index (χ1n) is 4.42. The summed E-state index contributed by atoms with van der Waals surface area (Å²) in [6, 6.07) is 7.22. The molecular formula is C10H12N2O3. The van der Waals surface area contributed by atoms with Crippen LogP contribution in [0.1, 0.15) is 10.4 Å². The molecule has 1 rings (SSSR count). The lowest BCUT2D eigenvalue weighted by molar-refractivity contribution is -0.122. The molecule has 0 aliphatic carbocycles. The van der Waals surface area contributed by atoms with Crippen molar-refractivity contribution < 1.29 is 14.7 Å². The molecule has 0 fully saturated rings. The largest absolute Gasteiger partial charge is 0.394 e. The lowest BCUT2D eigenvalue weighted by atomic mass is 10.2. The molecule has 5 nitrogen and oxygen atoms in total. The van der Waals surface area contributed by atoms with Crippen LogP contribution in [0.5, 0.6) is 0 Å². The normalized spacial score (nSPS) is 11.9. The molecule has 0 heterocycles. The van der Waals surface area contributed by atoms with Crippen LogP contribution in [0.25, 0.3) is 0 Å². The highest BCUT2D eigenvalue weighted by molar-refractivity contribution is 6.06. The van der Waals surface area contributed by atoms with Gasteiger partial charge in [0, 0.05) is 5.56 Å². The van der Waals surface area contributed by atoms with Crippen LogP contribution in [-0.4, -0.2) is 29.6 Å². The molecule has 15 heavy (non-hydrogen) atoms. The van der Waals surface area contributed by atoms with Gasteiger partial charge < -0.3 is 10.8 Å². The van der Waals surface area contributed by atoms with Gasteiger partial charge in [0.15, 0.2) is 0 Å². The number of hydrogen-bond donors (Lipinski definition) is 3. The van der Waals surface area contributed by atoms with Gasteiger partial charge in [0.2, 0.25) is 5.91 Å². The second-order valence-corrected chi connectivity index (χ2v) is 2.97. The zero-order valence-corrected chi connectivity index (χ0v) is 8.01. The van der Waals surface area contributed by atoms with Crippen LogP contribution in [0, 0.1) is 0 Å². The lowest BCUT2D eigenvalue weighted by Crippen LogP contribution is -2.45. The number of amides is 2. The quantitative estimate of drug-likeness (QED) is 0.610. The van der Waals surface area contributed by atoms with Crippen molar-refractivity contribution in [2.75, 3.05) is 6.61 Å². The van der Waals surface area contributed by atoms with Crippen molar-refractivity contribution in [2.24, 2.45) is 5.73 Å². The number of aliphatic hydroxyl groups excluding tert-OH is 1. The van der Waals surface area contributed by atoms with Gasteiger partial charge >= 0.3 is 0 Å². The number of aliphatic hydroxyl groups is 1. The topological polar surface area (TPSA) is 92.4 Å². The molecule has 4 N–H and O–H groups in total. The fraction of sp³-hybridized carbons (Fsp3) is 0.200. The number of benzene rings is 1. The predicted octanol–water partition coefficient (Wildman–Crippen LogP) is -0.737. The van der Waals surface area contributed by atoms with Gasteiger partial charge in [-0.1, -0.05) is 18.2 Å². The number of rotatable bonds is 3. The average molecular weight is 208 g/mol. The Kier molecular flexibility index (Phi) is 3.96. The first-order valence-corrected chi connectivity index (χ1v) is 4.42. The van der Waals surface area contributed by atoms with E-state index in [1.165, 1.54) is 0 Å². The van der Waals surface area contributed by atoms with E-state index in [4.69, 9.17) is 10.8 Å². The maximum absolute atomic E-state index is 11.4. The van der Waals surface area contributed by atoms with E-state index in [9.17, 15) is 9.59 Å². The van der Waals surface area contributed by atoms with Crippen LogP contribution in [0.4, 0.5) is 0 Å². The molecule has 5 heteroatoms.